The molecule has 0 spiro atoms. The van der Waals surface area contributed by atoms with Crippen molar-refractivity contribution in [1.82, 2.24) is 14.9 Å². The molecule has 0 N–H and O–H groups in total. The second kappa shape index (κ2) is 6.72. The number of methoxy groups -OCH3 is 1. The molecule has 0 saturated carbocycles. The molecule has 130 valence electrons. The first-order valence-electron chi connectivity index (χ1n) is 8.52. The Morgan fingerprint density at radius 3 is 2.72 bits per heavy atom. The van der Waals surface area contributed by atoms with Crippen LogP contribution in [-0.4, -0.2) is 48.2 Å². The van der Waals surface area contributed by atoms with Crippen molar-refractivity contribution < 1.29 is 9.15 Å². The lowest BCUT2D eigenvalue weighted by Crippen LogP contribution is -2.46. The molecule has 1 aliphatic heterocycles. The summed E-state index contributed by atoms with van der Waals surface area (Å²) < 4.78 is 11.2. The van der Waals surface area contributed by atoms with Gasteiger partial charge in [-0.1, -0.05) is 0 Å². The highest BCUT2D eigenvalue weighted by Crippen LogP contribution is 2.30. The molecular formula is C19H22N4O2. The van der Waals surface area contributed by atoms with Crippen LogP contribution >= 0.6 is 0 Å². The predicted octanol–water partition coefficient (Wildman–Crippen LogP) is 2.86. The number of aryl methyl sites for hydroxylation is 1. The maximum absolute atomic E-state index is 5.75. The van der Waals surface area contributed by atoms with E-state index in [0.717, 1.165) is 60.8 Å². The first kappa shape index (κ1) is 15.9. The molecule has 25 heavy (non-hydrogen) atoms. The van der Waals surface area contributed by atoms with Gasteiger partial charge in [-0.05, 0) is 24.6 Å². The molecule has 0 unspecified atom stereocenters. The molecule has 1 saturated heterocycles. The van der Waals surface area contributed by atoms with Crippen LogP contribution in [0.25, 0.3) is 11.0 Å². The number of piperazine rings is 1. The number of benzene rings is 1. The quantitative estimate of drug-likeness (QED) is 0.729. The van der Waals surface area contributed by atoms with Crippen LogP contribution in [0.3, 0.4) is 0 Å². The number of furan rings is 1. The van der Waals surface area contributed by atoms with Gasteiger partial charge in [0.25, 0.3) is 0 Å². The van der Waals surface area contributed by atoms with E-state index in [4.69, 9.17) is 9.15 Å². The van der Waals surface area contributed by atoms with Crippen LogP contribution in [0.4, 0.5) is 5.82 Å². The fraction of sp³-hybridized carbons (Fsp3) is 0.368. The SMILES string of the molecule is COc1cc2c(CN3CCN(c4cnccn4)CC3)coc2cc1C. The van der Waals surface area contributed by atoms with Gasteiger partial charge in [0, 0.05) is 56.1 Å². The van der Waals surface area contributed by atoms with Crippen molar-refractivity contribution in [3.63, 3.8) is 0 Å². The molecule has 0 aliphatic carbocycles. The molecule has 0 atom stereocenters. The number of fused-ring (bicyclic) bond motifs is 1. The number of ether oxygens (including phenoxy) is 1. The number of aromatic nitrogens is 2. The van der Waals surface area contributed by atoms with Crippen LogP contribution < -0.4 is 9.64 Å². The Kier molecular flexibility index (Phi) is 4.28. The van der Waals surface area contributed by atoms with E-state index >= 15 is 0 Å². The van der Waals surface area contributed by atoms with Crippen molar-refractivity contribution in [3.05, 3.63) is 48.1 Å². The monoisotopic (exact) mass is 338 g/mol. The van der Waals surface area contributed by atoms with Crippen molar-refractivity contribution in [3.8, 4) is 5.75 Å². The number of rotatable bonds is 4. The molecule has 3 heterocycles. The molecule has 0 bridgehead atoms. The molecule has 2 aromatic heterocycles. The van der Waals surface area contributed by atoms with Gasteiger partial charge in [0.1, 0.15) is 17.2 Å². The second-order valence-corrected chi connectivity index (χ2v) is 6.41. The Bertz CT molecular complexity index is 854. The summed E-state index contributed by atoms with van der Waals surface area (Å²) in [5, 5.41) is 1.14. The van der Waals surface area contributed by atoms with Crippen LogP contribution in [-0.2, 0) is 6.54 Å². The highest BCUT2D eigenvalue weighted by Gasteiger charge is 2.20. The average molecular weight is 338 g/mol. The summed E-state index contributed by atoms with van der Waals surface area (Å²) in [4.78, 5) is 13.3. The minimum absolute atomic E-state index is 0.882. The highest BCUT2D eigenvalue weighted by molar-refractivity contribution is 5.83. The van der Waals surface area contributed by atoms with Crippen molar-refractivity contribution in [2.75, 3.05) is 38.2 Å². The third-order valence-electron chi connectivity index (χ3n) is 4.81. The molecule has 1 aliphatic rings. The van der Waals surface area contributed by atoms with Gasteiger partial charge in [-0.3, -0.25) is 9.88 Å². The zero-order chi connectivity index (χ0) is 17.2. The standard InChI is InChI=1S/C19H22N4O2/c1-14-9-18-16(10-17(14)24-2)15(13-25-18)12-22-5-7-23(8-6-22)19-11-20-3-4-21-19/h3-4,9-11,13H,5-8,12H2,1-2H3. The summed E-state index contributed by atoms with van der Waals surface area (Å²) in [6, 6.07) is 4.13. The van der Waals surface area contributed by atoms with E-state index in [-0.39, 0.29) is 0 Å². The van der Waals surface area contributed by atoms with E-state index in [1.165, 1.54) is 5.56 Å². The van der Waals surface area contributed by atoms with Crippen molar-refractivity contribution in [2.45, 2.75) is 13.5 Å². The van der Waals surface area contributed by atoms with Gasteiger partial charge in [-0.2, -0.15) is 0 Å². The number of nitrogens with zero attached hydrogens (tertiary/aromatic N) is 4. The third-order valence-corrected chi connectivity index (χ3v) is 4.81. The third kappa shape index (κ3) is 3.17. The molecule has 0 amide bonds. The normalized spacial score (nSPS) is 15.7. The van der Waals surface area contributed by atoms with Crippen molar-refractivity contribution >= 4 is 16.8 Å². The van der Waals surface area contributed by atoms with E-state index in [1.807, 2.05) is 25.5 Å². The van der Waals surface area contributed by atoms with Crippen LogP contribution in [0.5, 0.6) is 5.75 Å². The van der Waals surface area contributed by atoms with Gasteiger partial charge in [0.2, 0.25) is 0 Å². The zero-order valence-electron chi connectivity index (χ0n) is 14.6. The van der Waals surface area contributed by atoms with Gasteiger partial charge in [0.15, 0.2) is 0 Å². The largest absolute Gasteiger partial charge is 0.496 e. The second-order valence-electron chi connectivity index (χ2n) is 6.41. The summed E-state index contributed by atoms with van der Waals surface area (Å²) in [5.41, 5.74) is 3.22. The number of hydrogen-bond acceptors (Lipinski definition) is 6. The van der Waals surface area contributed by atoms with E-state index in [9.17, 15) is 0 Å². The molecule has 0 radical (unpaired) electrons. The van der Waals surface area contributed by atoms with Crippen molar-refractivity contribution in [1.29, 1.82) is 0 Å². The molecule has 4 rings (SSSR count). The molecule has 1 fully saturated rings. The summed E-state index contributed by atoms with van der Waals surface area (Å²) in [7, 11) is 1.71. The van der Waals surface area contributed by atoms with Gasteiger partial charge < -0.3 is 14.1 Å². The fourth-order valence-electron chi connectivity index (χ4n) is 3.38. The summed E-state index contributed by atoms with van der Waals surface area (Å²) in [6.45, 7) is 6.81. The number of hydrogen-bond donors (Lipinski definition) is 0. The first-order chi connectivity index (χ1) is 12.2. The van der Waals surface area contributed by atoms with Gasteiger partial charge >= 0.3 is 0 Å². The number of anilines is 1. The molecule has 6 nitrogen and oxygen atoms in total. The maximum Gasteiger partial charge on any atom is 0.147 e. The summed E-state index contributed by atoms with van der Waals surface area (Å²) in [6.07, 6.45) is 7.15. The van der Waals surface area contributed by atoms with E-state index in [0.29, 0.717) is 0 Å². The Morgan fingerprint density at radius 1 is 1.16 bits per heavy atom. The van der Waals surface area contributed by atoms with Crippen LogP contribution in [0, 0.1) is 6.92 Å². The van der Waals surface area contributed by atoms with Gasteiger partial charge in [-0.15, -0.1) is 0 Å². The maximum atomic E-state index is 5.75. The van der Waals surface area contributed by atoms with Crippen molar-refractivity contribution in [2.24, 2.45) is 0 Å². The smallest absolute Gasteiger partial charge is 0.147 e. The lowest BCUT2D eigenvalue weighted by Gasteiger charge is -2.35. The average Bonchev–Trinajstić information content (AvgIpc) is 3.04. The van der Waals surface area contributed by atoms with Crippen LogP contribution in [0.15, 0.2) is 41.4 Å². The Labute approximate surface area is 147 Å². The van der Waals surface area contributed by atoms with Crippen LogP contribution in [0.2, 0.25) is 0 Å². The first-order valence-corrected chi connectivity index (χ1v) is 8.52. The van der Waals surface area contributed by atoms with Gasteiger partial charge in [-0.25, -0.2) is 4.98 Å². The minimum Gasteiger partial charge on any atom is -0.496 e. The minimum atomic E-state index is 0.882. The predicted molar refractivity (Wildman–Crippen MR) is 97.0 cm³/mol. The summed E-state index contributed by atoms with van der Waals surface area (Å²) >= 11 is 0. The summed E-state index contributed by atoms with van der Waals surface area (Å²) in [5.74, 6) is 1.86. The Morgan fingerprint density at radius 2 is 2.00 bits per heavy atom. The van der Waals surface area contributed by atoms with E-state index in [1.54, 1.807) is 19.5 Å². The zero-order valence-corrected chi connectivity index (χ0v) is 14.6. The fourth-order valence-corrected chi connectivity index (χ4v) is 3.38. The molecule has 6 heteroatoms. The molecule has 1 aromatic carbocycles. The van der Waals surface area contributed by atoms with E-state index < -0.39 is 0 Å². The Balaban J connectivity index is 1.46. The molecule has 3 aromatic rings. The van der Waals surface area contributed by atoms with E-state index in [2.05, 4.69) is 25.8 Å². The lowest BCUT2D eigenvalue weighted by atomic mass is 10.1. The highest BCUT2D eigenvalue weighted by atomic mass is 16.5. The molecular weight excluding hydrogens is 316 g/mol. The topological polar surface area (TPSA) is 54.6 Å². The van der Waals surface area contributed by atoms with Gasteiger partial charge in [0.05, 0.1) is 19.6 Å². The van der Waals surface area contributed by atoms with Crippen LogP contribution in [0.1, 0.15) is 11.1 Å². The lowest BCUT2D eigenvalue weighted by molar-refractivity contribution is 0.249. The Hall–Kier alpha value is -2.60.